The molecule has 0 amide bonds. The van der Waals surface area contributed by atoms with Gasteiger partial charge in [-0.05, 0) is 42.4 Å². The number of hydrogen-bond acceptors (Lipinski definition) is 1. The third-order valence-electron chi connectivity index (χ3n) is 3.35. The molecule has 0 radical (unpaired) electrons. The van der Waals surface area contributed by atoms with Gasteiger partial charge in [-0.1, -0.05) is 39.3 Å². The smallest absolute Gasteiger partial charge is 0.0349 e. The summed E-state index contributed by atoms with van der Waals surface area (Å²) in [5.41, 5.74) is 9.85. The Kier molecular flexibility index (Phi) is 4.19. The molecule has 15 heavy (non-hydrogen) atoms. The van der Waals surface area contributed by atoms with Crippen LogP contribution in [-0.4, -0.2) is 0 Å². The molecule has 0 aromatic carbocycles. The van der Waals surface area contributed by atoms with Crippen LogP contribution in [-0.2, 0) is 0 Å². The van der Waals surface area contributed by atoms with Gasteiger partial charge in [0.15, 0.2) is 0 Å². The zero-order valence-electron chi connectivity index (χ0n) is 10.4. The summed E-state index contributed by atoms with van der Waals surface area (Å²) in [6.07, 6.45) is 8.81. The van der Waals surface area contributed by atoms with Crippen LogP contribution < -0.4 is 5.73 Å². The van der Waals surface area contributed by atoms with Crippen LogP contribution in [0, 0.1) is 11.8 Å². The van der Waals surface area contributed by atoms with Gasteiger partial charge in [-0.25, -0.2) is 0 Å². The highest BCUT2D eigenvalue weighted by atomic mass is 14.6. The molecule has 0 heterocycles. The SMILES string of the molecule is C/C=C(\CCC)C1=C(N)C=CC(C)C1C. The molecular weight excluding hydrogens is 182 g/mol. The van der Waals surface area contributed by atoms with E-state index in [0.29, 0.717) is 11.8 Å². The molecule has 2 unspecified atom stereocenters. The van der Waals surface area contributed by atoms with Gasteiger partial charge in [0, 0.05) is 5.70 Å². The van der Waals surface area contributed by atoms with E-state index in [0.717, 1.165) is 12.1 Å². The fraction of sp³-hybridized carbons (Fsp3) is 0.571. The molecule has 0 aromatic rings. The first-order valence-electron chi connectivity index (χ1n) is 5.95. The molecule has 0 fully saturated rings. The first-order valence-corrected chi connectivity index (χ1v) is 5.95. The fourth-order valence-corrected chi connectivity index (χ4v) is 2.22. The van der Waals surface area contributed by atoms with Crippen molar-refractivity contribution in [2.75, 3.05) is 0 Å². The average Bonchev–Trinajstić information content (AvgIpc) is 2.22. The molecule has 2 N–H and O–H groups in total. The van der Waals surface area contributed by atoms with E-state index in [9.17, 15) is 0 Å². The van der Waals surface area contributed by atoms with Crippen molar-refractivity contribution in [3.63, 3.8) is 0 Å². The maximum atomic E-state index is 6.09. The van der Waals surface area contributed by atoms with Crippen molar-refractivity contribution in [2.45, 2.75) is 40.5 Å². The molecule has 1 rings (SSSR count). The van der Waals surface area contributed by atoms with E-state index in [1.807, 2.05) is 0 Å². The quantitative estimate of drug-likeness (QED) is 0.745. The number of allylic oxidation sites excluding steroid dienone is 5. The highest BCUT2D eigenvalue weighted by Gasteiger charge is 2.22. The van der Waals surface area contributed by atoms with Crippen LogP contribution in [0.5, 0.6) is 0 Å². The molecule has 0 saturated carbocycles. The maximum absolute atomic E-state index is 6.09. The van der Waals surface area contributed by atoms with Crippen LogP contribution in [0.15, 0.2) is 35.1 Å². The van der Waals surface area contributed by atoms with E-state index in [2.05, 4.69) is 45.9 Å². The molecule has 0 bridgehead atoms. The summed E-state index contributed by atoms with van der Waals surface area (Å²) in [4.78, 5) is 0. The third kappa shape index (κ3) is 2.53. The molecular formula is C14H23N. The summed E-state index contributed by atoms with van der Waals surface area (Å²) in [7, 11) is 0. The van der Waals surface area contributed by atoms with Crippen LogP contribution in [0.3, 0.4) is 0 Å². The molecule has 1 aliphatic carbocycles. The highest BCUT2D eigenvalue weighted by molar-refractivity contribution is 5.43. The summed E-state index contributed by atoms with van der Waals surface area (Å²) in [5, 5.41) is 0. The fourth-order valence-electron chi connectivity index (χ4n) is 2.22. The summed E-state index contributed by atoms with van der Waals surface area (Å²) in [6.45, 7) is 8.86. The first kappa shape index (κ1) is 12.1. The average molecular weight is 205 g/mol. The Hall–Kier alpha value is -0.980. The molecule has 1 nitrogen and oxygen atoms in total. The zero-order chi connectivity index (χ0) is 11.4. The van der Waals surface area contributed by atoms with Gasteiger partial charge in [-0.2, -0.15) is 0 Å². The first-order chi connectivity index (χ1) is 7.11. The number of hydrogen-bond donors (Lipinski definition) is 1. The predicted octanol–water partition coefficient (Wildman–Crippen LogP) is 3.79. The molecule has 1 aliphatic rings. The van der Waals surface area contributed by atoms with Gasteiger partial charge in [0.2, 0.25) is 0 Å². The largest absolute Gasteiger partial charge is 0.398 e. The van der Waals surface area contributed by atoms with Crippen molar-refractivity contribution in [2.24, 2.45) is 17.6 Å². The van der Waals surface area contributed by atoms with E-state index in [-0.39, 0.29) is 0 Å². The second-order valence-corrected chi connectivity index (χ2v) is 4.44. The van der Waals surface area contributed by atoms with Crippen LogP contribution in [0.2, 0.25) is 0 Å². The molecule has 0 saturated heterocycles. The maximum Gasteiger partial charge on any atom is 0.0349 e. The van der Waals surface area contributed by atoms with Crippen molar-refractivity contribution >= 4 is 0 Å². The van der Waals surface area contributed by atoms with Crippen LogP contribution in [0.25, 0.3) is 0 Å². The Labute approximate surface area is 93.7 Å². The Morgan fingerprint density at radius 1 is 1.47 bits per heavy atom. The summed E-state index contributed by atoms with van der Waals surface area (Å²) < 4.78 is 0. The standard InChI is InChI=1S/C14H23N/c1-5-7-12(6-2)14-11(4)10(3)8-9-13(14)15/h6,8-11H,5,7,15H2,1-4H3/b12-6+. The second-order valence-electron chi connectivity index (χ2n) is 4.44. The minimum absolute atomic E-state index is 0.549. The van der Waals surface area contributed by atoms with Crippen molar-refractivity contribution in [3.8, 4) is 0 Å². The van der Waals surface area contributed by atoms with Gasteiger partial charge < -0.3 is 5.73 Å². The van der Waals surface area contributed by atoms with Crippen molar-refractivity contribution < 1.29 is 0 Å². The van der Waals surface area contributed by atoms with E-state index in [1.165, 1.54) is 17.6 Å². The number of rotatable bonds is 3. The summed E-state index contributed by atoms with van der Waals surface area (Å²) in [6, 6.07) is 0. The lowest BCUT2D eigenvalue weighted by molar-refractivity contribution is 0.518. The molecule has 0 spiro atoms. The van der Waals surface area contributed by atoms with Crippen LogP contribution >= 0.6 is 0 Å². The third-order valence-corrected chi connectivity index (χ3v) is 3.35. The molecule has 2 atom stereocenters. The molecule has 84 valence electrons. The molecule has 1 heteroatoms. The second kappa shape index (κ2) is 5.20. The van der Waals surface area contributed by atoms with E-state index in [4.69, 9.17) is 5.73 Å². The van der Waals surface area contributed by atoms with Gasteiger partial charge in [-0.3, -0.25) is 0 Å². The van der Waals surface area contributed by atoms with Gasteiger partial charge in [0.25, 0.3) is 0 Å². The minimum atomic E-state index is 0.549. The van der Waals surface area contributed by atoms with Gasteiger partial charge in [0.1, 0.15) is 0 Å². The predicted molar refractivity (Wildman–Crippen MR) is 67.3 cm³/mol. The van der Waals surface area contributed by atoms with Crippen LogP contribution in [0.4, 0.5) is 0 Å². The Morgan fingerprint density at radius 2 is 2.13 bits per heavy atom. The molecule has 0 aromatic heterocycles. The van der Waals surface area contributed by atoms with Crippen LogP contribution in [0.1, 0.15) is 40.5 Å². The van der Waals surface area contributed by atoms with Crippen molar-refractivity contribution in [1.82, 2.24) is 0 Å². The van der Waals surface area contributed by atoms with Gasteiger partial charge in [-0.15, -0.1) is 0 Å². The lowest BCUT2D eigenvalue weighted by Gasteiger charge is -2.27. The van der Waals surface area contributed by atoms with E-state index >= 15 is 0 Å². The van der Waals surface area contributed by atoms with Crippen molar-refractivity contribution in [1.29, 1.82) is 0 Å². The van der Waals surface area contributed by atoms with E-state index in [1.54, 1.807) is 0 Å². The molecule has 0 aliphatic heterocycles. The summed E-state index contributed by atoms with van der Waals surface area (Å²) >= 11 is 0. The lowest BCUT2D eigenvalue weighted by Crippen LogP contribution is -2.19. The Bertz CT molecular complexity index is 307. The zero-order valence-corrected chi connectivity index (χ0v) is 10.4. The monoisotopic (exact) mass is 205 g/mol. The van der Waals surface area contributed by atoms with Crippen molar-refractivity contribution in [3.05, 3.63) is 35.1 Å². The lowest BCUT2D eigenvalue weighted by atomic mass is 9.79. The summed E-state index contributed by atoms with van der Waals surface area (Å²) in [5.74, 6) is 1.15. The van der Waals surface area contributed by atoms with Gasteiger partial charge in [0.05, 0.1) is 0 Å². The topological polar surface area (TPSA) is 26.0 Å². The highest BCUT2D eigenvalue weighted by Crippen LogP contribution is 2.34. The number of nitrogens with two attached hydrogens (primary N) is 1. The Balaban J connectivity index is 3.04. The van der Waals surface area contributed by atoms with Gasteiger partial charge >= 0.3 is 0 Å². The Morgan fingerprint density at radius 3 is 2.67 bits per heavy atom. The minimum Gasteiger partial charge on any atom is -0.398 e. The van der Waals surface area contributed by atoms with E-state index < -0.39 is 0 Å². The normalized spacial score (nSPS) is 27.3.